The summed E-state index contributed by atoms with van der Waals surface area (Å²) in [5.74, 6) is -1.11. The molecule has 0 atom stereocenters. The number of pyridine rings is 1. The second-order valence-electron chi connectivity index (χ2n) is 4.67. The molecular weight excluding hydrogens is 414 g/mol. The molecule has 0 saturated carbocycles. The van der Waals surface area contributed by atoms with E-state index in [0.717, 1.165) is 0 Å². The lowest BCUT2D eigenvalue weighted by atomic mass is 10.2. The third-order valence-electron chi connectivity index (χ3n) is 3.03. The van der Waals surface area contributed by atoms with Gasteiger partial charge in [0.15, 0.2) is 5.82 Å². The van der Waals surface area contributed by atoms with E-state index in [1.807, 2.05) is 0 Å². The summed E-state index contributed by atoms with van der Waals surface area (Å²) in [5, 5.41) is 5.80. The van der Waals surface area contributed by atoms with Crippen LogP contribution in [0.4, 0.5) is 5.69 Å². The van der Waals surface area contributed by atoms with Crippen LogP contribution in [0.1, 0.15) is 10.5 Å². The number of carbonyl (C=O) groups excluding carboxylic acids is 1. The smallest absolute Gasteiger partial charge is 0.321 e. The van der Waals surface area contributed by atoms with E-state index in [9.17, 15) is 9.59 Å². The van der Waals surface area contributed by atoms with Gasteiger partial charge < -0.3 is 5.32 Å². The molecule has 0 saturated heterocycles. The highest BCUT2D eigenvalue weighted by molar-refractivity contribution is 6.52. The summed E-state index contributed by atoms with van der Waals surface area (Å²) >= 11 is 23.6. The molecule has 7 nitrogen and oxygen atoms in total. The second kappa shape index (κ2) is 7.05. The van der Waals surface area contributed by atoms with Gasteiger partial charge in [-0.1, -0.05) is 63.7 Å². The Labute approximate surface area is 159 Å². The Hall–Kier alpha value is -2.06. The number of H-pyrrole nitrogens is 1. The number of benzene rings is 1. The molecular formula is C14H6Cl4N4O3. The van der Waals surface area contributed by atoms with Gasteiger partial charge in [0.1, 0.15) is 10.8 Å². The number of halogens is 4. The summed E-state index contributed by atoms with van der Waals surface area (Å²) in [5.41, 5.74) is 0.739. The first kappa shape index (κ1) is 17.8. The van der Waals surface area contributed by atoms with Crippen molar-refractivity contribution in [2.75, 3.05) is 5.32 Å². The van der Waals surface area contributed by atoms with Gasteiger partial charge in [0, 0.05) is 11.3 Å². The highest BCUT2D eigenvalue weighted by Gasteiger charge is 2.20. The zero-order valence-corrected chi connectivity index (χ0v) is 15.0. The lowest BCUT2D eigenvalue weighted by molar-refractivity contribution is 0.102. The Morgan fingerprint density at radius 1 is 1.12 bits per heavy atom. The summed E-state index contributed by atoms with van der Waals surface area (Å²) in [6.45, 7) is 0. The number of aromatic nitrogens is 3. The molecule has 2 aromatic heterocycles. The predicted molar refractivity (Wildman–Crippen MR) is 94.8 cm³/mol. The van der Waals surface area contributed by atoms with Crippen LogP contribution in [-0.2, 0) is 0 Å². The minimum absolute atomic E-state index is 0.0399. The molecule has 0 unspecified atom stereocenters. The van der Waals surface area contributed by atoms with Crippen molar-refractivity contribution < 1.29 is 9.32 Å². The van der Waals surface area contributed by atoms with E-state index < -0.39 is 11.7 Å². The predicted octanol–water partition coefficient (Wildman–Crippen LogP) is 4.29. The van der Waals surface area contributed by atoms with Gasteiger partial charge in [-0.25, -0.2) is 9.78 Å². The molecule has 2 heterocycles. The lowest BCUT2D eigenvalue weighted by Gasteiger charge is -2.09. The maximum Gasteiger partial charge on any atom is 0.439 e. The van der Waals surface area contributed by atoms with Crippen molar-refractivity contribution in [1.82, 2.24) is 15.1 Å². The number of carbonyl (C=O) groups is 1. The molecule has 1 aromatic carbocycles. The van der Waals surface area contributed by atoms with E-state index in [4.69, 9.17) is 46.4 Å². The van der Waals surface area contributed by atoms with Crippen LogP contribution in [0.2, 0.25) is 20.2 Å². The molecule has 0 aliphatic heterocycles. The van der Waals surface area contributed by atoms with Crippen molar-refractivity contribution >= 4 is 58.0 Å². The number of hydrogen-bond acceptors (Lipinski definition) is 5. The van der Waals surface area contributed by atoms with Crippen LogP contribution in [0.15, 0.2) is 33.6 Å². The molecule has 0 radical (unpaired) electrons. The van der Waals surface area contributed by atoms with Crippen molar-refractivity contribution in [1.29, 1.82) is 0 Å². The van der Waals surface area contributed by atoms with Crippen molar-refractivity contribution in [3.05, 3.63) is 60.7 Å². The topological polar surface area (TPSA) is 101 Å². The third-order valence-corrected chi connectivity index (χ3v) is 4.71. The molecule has 3 aromatic rings. The van der Waals surface area contributed by atoms with Crippen LogP contribution >= 0.6 is 46.4 Å². The minimum atomic E-state index is -0.689. The highest BCUT2D eigenvalue weighted by atomic mass is 35.5. The number of nitrogens with one attached hydrogen (secondary N) is 2. The average Bonchev–Trinajstić information content (AvgIpc) is 3.03. The highest BCUT2D eigenvalue weighted by Crippen LogP contribution is 2.36. The fourth-order valence-electron chi connectivity index (χ4n) is 1.93. The summed E-state index contributed by atoms with van der Waals surface area (Å²) in [6, 6.07) is 6.50. The van der Waals surface area contributed by atoms with Crippen LogP contribution in [0.3, 0.4) is 0 Å². The molecule has 0 aliphatic rings. The summed E-state index contributed by atoms with van der Waals surface area (Å²) in [6.07, 6.45) is 0. The van der Waals surface area contributed by atoms with Gasteiger partial charge in [-0.15, -0.1) is 0 Å². The molecule has 25 heavy (non-hydrogen) atoms. The van der Waals surface area contributed by atoms with E-state index >= 15 is 0 Å². The Kier molecular flexibility index (Phi) is 5.01. The average molecular weight is 420 g/mol. The standard InChI is InChI=1S/C14H6Cl4N4O3/c15-7-8(16)10(20-11(18)9(7)17)13(23)19-6-3-1-2-5(4-6)12-21-14(24)25-22-12/h1-4H,(H,19,23)(H,21,22,24). The molecule has 0 bridgehead atoms. The maximum atomic E-state index is 12.4. The van der Waals surface area contributed by atoms with Crippen LogP contribution in [0, 0.1) is 0 Å². The third kappa shape index (κ3) is 3.64. The fourth-order valence-corrected chi connectivity index (χ4v) is 2.74. The SMILES string of the molecule is O=C(Nc1cccc(-c2noc(=O)[nH]2)c1)c1nc(Cl)c(Cl)c(Cl)c1Cl. The molecule has 2 N–H and O–H groups in total. The Bertz CT molecular complexity index is 1030. The van der Waals surface area contributed by atoms with Crippen molar-refractivity contribution in [3.63, 3.8) is 0 Å². The van der Waals surface area contributed by atoms with E-state index in [1.165, 1.54) is 0 Å². The Balaban J connectivity index is 1.91. The number of nitrogens with zero attached hydrogens (tertiary/aromatic N) is 2. The first-order valence-corrected chi connectivity index (χ1v) is 8.05. The van der Waals surface area contributed by atoms with E-state index in [2.05, 4.69) is 25.0 Å². The van der Waals surface area contributed by atoms with Gasteiger partial charge in [0.25, 0.3) is 5.91 Å². The quantitative estimate of drug-likeness (QED) is 0.616. The number of hydrogen-bond donors (Lipinski definition) is 2. The van der Waals surface area contributed by atoms with Crippen molar-refractivity contribution in [2.45, 2.75) is 0 Å². The number of rotatable bonds is 3. The van der Waals surface area contributed by atoms with E-state index in [0.29, 0.717) is 11.3 Å². The van der Waals surface area contributed by atoms with Crippen molar-refractivity contribution in [3.8, 4) is 11.4 Å². The van der Waals surface area contributed by atoms with Gasteiger partial charge in [0.05, 0.1) is 15.1 Å². The van der Waals surface area contributed by atoms with E-state index in [-0.39, 0.29) is 31.7 Å². The molecule has 3 rings (SSSR count). The number of aromatic amines is 1. The normalized spacial score (nSPS) is 10.7. The summed E-state index contributed by atoms with van der Waals surface area (Å²) < 4.78 is 4.44. The van der Waals surface area contributed by atoms with Gasteiger partial charge in [-0.3, -0.25) is 14.3 Å². The number of amides is 1. The molecule has 0 spiro atoms. The van der Waals surface area contributed by atoms with Crippen molar-refractivity contribution in [2.24, 2.45) is 0 Å². The zero-order chi connectivity index (χ0) is 18.1. The molecule has 0 aliphatic carbocycles. The molecule has 1 amide bonds. The van der Waals surface area contributed by atoms with Gasteiger partial charge in [-0.05, 0) is 12.1 Å². The second-order valence-corrected chi connectivity index (χ2v) is 6.16. The lowest BCUT2D eigenvalue weighted by Crippen LogP contribution is -2.15. The summed E-state index contributed by atoms with van der Waals surface area (Å²) in [7, 11) is 0. The molecule has 0 fully saturated rings. The monoisotopic (exact) mass is 418 g/mol. The van der Waals surface area contributed by atoms with Crippen LogP contribution in [0.25, 0.3) is 11.4 Å². The maximum absolute atomic E-state index is 12.4. The van der Waals surface area contributed by atoms with Gasteiger partial charge in [-0.2, -0.15) is 0 Å². The minimum Gasteiger partial charge on any atom is -0.321 e. The van der Waals surface area contributed by atoms with Gasteiger partial charge in [0.2, 0.25) is 0 Å². The first-order valence-electron chi connectivity index (χ1n) is 6.54. The molecule has 128 valence electrons. The van der Waals surface area contributed by atoms with Crippen LogP contribution in [-0.4, -0.2) is 21.0 Å². The first-order chi connectivity index (χ1) is 11.9. The van der Waals surface area contributed by atoms with Crippen LogP contribution in [0.5, 0.6) is 0 Å². The fraction of sp³-hybridized carbons (Fsp3) is 0. The van der Waals surface area contributed by atoms with E-state index in [1.54, 1.807) is 24.3 Å². The molecule has 11 heteroatoms. The Morgan fingerprint density at radius 3 is 2.56 bits per heavy atom. The largest absolute Gasteiger partial charge is 0.439 e. The number of anilines is 1. The zero-order valence-electron chi connectivity index (χ0n) is 11.9. The Morgan fingerprint density at radius 2 is 1.88 bits per heavy atom. The van der Waals surface area contributed by atoms with Gasteiger partial charge >= 0.3 is 5.76 Å². The summed E-state index contributed by atoms with van der Waals surface area (Å²) in [4.78, 5) is 29.7. The van der Waals surface area contributed by atoms with Crippen LogP contribution < -0.4 is 11.1 Å².